The van der Waals surface area contributed by atoms with Crippen LogP contribution in [0, 0.1) is 13.8 Å². The second-order valence-corrected chi connectivity index (χ2v) is 9.23. The highest BCUT2D eigenvalue weighted by atomic mass is 32.1. The zero-order valence-electron chi connectivity index (χ0n) is 18.5. The van der Waals surface area contributed by atoms with Crippen molar-refractivity contribution in [3.05, 3.63) is 56.7 Å². The fourth-order valence-corrected chi connectivity index (χ4v) is 5.20. The number of hydrogen-bond acceptors (Lipinski definition) is 7. The lowest BCUT2D eigenvalue weighted by Gasteiger charge is -2.30. The van der Waals surface area contributed by atoms with Crippen molar-refractivity contribution >= 4 is 23.0 Å². The van der Waals surface area contributed by atoms with Crippen molar-refractivity contribution in [3.8, 4) is 5.75 Å². The number of nitrogens with one attached hydrogen (secondary N) is 1. The molecule has 1 aromatic heterocycles. The Hall–Kier alpha value is -2.75. The number of nitrogens with zero attached hydrogens (tertiary/aromatic N) is 2. The van der Waals surface area contributed by atoms with Crippen molar-refractivity contribution < 1.29 is 29.1 Å². The maximum Gasteiger partial charge on any atom is 0.290 e. The predicted molar refractivity (Wildman–Crippen MR) is 119 cm³/mol. The number of aliphatic hydroxyl groups excluding tert-OH is 1. The van der Waals surface area contributed by atoms with Crippen LogP contribution in [0.15, 0.2) is 35.6 Å². The molecule has 1 amide bonds. The van der Waals surface area contributed by atoms with Crippen LogP contribution >= 0.6 is 11.3 Å². The molecule has 2 aromatic rings. The van der Waals surface area contributed by atoms with E-state index in [4.69, 9.17) is 9.47 Å². The number of methoxy groups -OCH3 is 1. The summed E-state index contributed by atoms with van der Waals surface area (Å²) in [5.74, 6) is -0.734. The molecular weight excluding hydrogens is 430 g/mol. The van der Waals surface area contributed by atoms with E-state index in [0.717, 1.165) is 23.7 Å². The number of benzene rings is 1. The lowest BCUT2D eigenvalue weighted by molar-refractivity contribution is -0.907. The number of morpholine rings is 1. The number of aliphatic hydroxyl groups is 1. The van der Waals surface area contributed by atoms with Gasteiger partial charge in [0.15, 0.2) is 5.76 Å². The SMILES string of the molecule is COc1cccc([C@H]2C(C(=O)c3sc(C)nc3C)=C(O)C(=O)N2CC[NH+]2CCOCC2)c1. The number of aromatic nitrogens is 1. The molecule has 2 aliphatic rings. The number of carbonyl (C=O) groups is 2. The molecule has 4 rings (SSSR count). The Kier molecular flexibility index (Phi) is 6.59. The van der Waals surface area contributed by atoms with Crippen LogP contribution in [0.4, 0.5) is 0 Å². The first kappa shape index (κ1) is 22.4. The molecule has 0 aliphatic carbocycles. The molecule has 3 heterocycles. The van der Waals surface area contributed by atoms with Crippen molar-refractivity contribution in [2.75, 3.05) is 46.5 Å². The van der Waals surface area contributed by atoms with Crippen LogP contribution in [0.5, 0.6) is 5.75 Å². The zero-order valence-corrected chi connectivity index (χ0v) is 19.3. The quantitative estimate of drug-likeness (QED) is 0.607. The average Bonchev–Trinajstić information content (AvgIpc) is 3.27. The van der Waals surface area contributed by atoms with Crippen LogP contribution in [0.2, 0.25) is 0 Å². The van der Waals surface area contributed by atoms with Gasteiger partial charge in [-0.1, -0.05) is 12.1 Å². The molecule has 1 atom stereocenters. The Labute approximate surface area is 191 Å². The lowest BCUT2D eigenvalue weighted by Crippen LogP contribution is -3.14. The van der Waals surface area contributed by atoms with Crippen LogP contribution in [-0.4, -0.2) is 73.2 Å². The molecule has 8 nitrogen and oxygen atoms in total. The highest BCUT2D eigenvalue weighted by molar-refractivity contribution is 7.14. The van der Waals surface area contributed by atoms with E-state index < -0.39 is 17.7 Å². The number of amides is 1. The van der Waals surface area contributed by atoms with Gasteiger partial charge >= 0.3 is 0 Å². The van der Waals surface area contributed by atoms with E-state index in [1.165, 1.54) is 16.2 Å². The van der Waals surface area contributed by atoms with E-state index >= 15 is 0 Å². The van der Waals surface area contributed by atoms with E-state index in [1.54, 1.807) is 18.9 Å². The number of quaternary nitrogens is 1. The van der Waals surface area contributed by atoms with Gasteiger partial charge in [-0.3, -0.25) is 9.59 Å². The van der Waals surface area contributed by atoms with E-state index in [2.05, 4.69) is 4.98 Å². The fourth-order valence-electron chi connectivity index (χ4n) is 4.33. The summed E-state index contributed by atoms with van der Waals surface area (Å²) in [6.07, 6.45) is 0. The Morgan fingerprint density at radius 3 is 2.75 bits per heavy atom. The largest absolute Gasteiger partial charge is 0.503 e. The summed E-state index contributed by atoms with van der Waals surface area (Å²) in [5, 5.41) is 11.6. The molecule has 2 N–H and O–H groups in total. The fraction of sp³-hybridized carbons (Fsp3) is 0.435. The van der Waals surface area contributed by atoms with Crippen LogP contribution in [0.3, 0.4) is 0 Å². The Morgan fingerprint density at radius 2 is 2.09 bits per heavy atom. The summed E-state index contributed by atoms with van der Waals surface area (Å²) in [5.41, 5.74) is 1.43. The number of ketones is 1. The molecule has 0 bridgehead atoms. The molecule has 2 aliphatic heterocycles. The third-order valence-corrected chi connectivity index (χ3v) is 7.05. The number of Topliss-reactive ketones (excluding diaryl/α,β-unsaturated/α-hetero) is 1. The molecule has 32 heavy (non-hydrogen) atoms. The summed E-state index contributed by atoms with van der Waals surface area (Å²) in [7, 11) is 1.57. The van der Waals surface area contributed by atoms with E-state index in [-0.39, 0.29) is 11.4 Å². The third kappa shape index (κ3) is 4.28. The van der Waals surface area contributed by atoms with E-state index in [0.29, 0.717) is 42.6 Å². The molecule has 0 radical (unpaired) electrons. The maximum atomic E-state index is 13.5. The minimum Gasteiger partial charge on any atom is -0.503 e. The van der Waals surface area contributed by atoms with Crippen molar-refractivity contribution in [3.63, 3.8) is 0 Å². The summed E-state index contributed by atoms with van der Waals surface area (Å²) >= 11 is 1.28. The highest BCUT2D eigenvalue weighted by Crippen LogP contribution is 2.40. The van der Waals surface area contributed by atoms with E-state index in [1.807, 2.05) is 31.2 Å². The molecule has 0 unspecified atom stereocenters. The molecule has 1 fully saturated rings. The number of aryl methyl sites for hydroxylation is 2. The Morgan fingerprint density at radius 1 is 1.34 bits per heavy atom. The number of carbonyl (C=O) groups excluding carboxylic acids is 2. The van der Waals surface area contributed by atoms with Crippen LogP contribution < -0.4 is 9.64 Å². The smallest absolute Gasteiger partial charge is 0.290 e. The van der Waals surface area contributed by atoms with E-state index in [9.17, 15) is 14.7 Å². The topological polar surface area (TPSA) is 93.4 Å². The maximum absolute atomic E-state index is 13.5. The minimum absolute atomic E-state index is 0.104. The summed E-state index contributed by atoms with van der Waals surface area (Å²) < 4.78 is 10.8. The van der Waals surface area contributed by atoms with Crippen LogP contribution in [0.1, 0.15) is 32.0 Å². The molecule has 0 saturated carbocycles. The molecule has 1 saturated heterocycles. The Bertz CT molecular complexity index is 1060. The summed E-state index contributed by atoms with van der Waals surface area (Å²) in [6.45, 7) is 7.86. The normalized spacial score (nSPS) is 19.7. The van der Waals surface area contributed by atoms with Gasteiger partial charge in [0.2, 0.25) is 5.78 Å². The van der Waals surface area contributed by atoms with Crippen molar-refractivity contribution in [2.45, 2.75) is 19.9 Å². The second kappa shape index (κ2) is 9.40. The van der Waals surface area contributed by atoms with Crippen molar-refractivity contribution in [1.82, 2.24) is 9.88 Å². The van der Waals surface area contributed by atoms with Gasteiger partial charge in [0.1, 0.15) is 18.8 Å². The standard InChI is InChI=1S/C23H27N3O5S/c1-14-22(32-15(2)24-14)20(27)18-19(16-5-4-6-17(13-16)30-3)26(23(29)21(18)28)8-7-25-9-11-31-12-10-25/h4-6,13,19,28H,7-12H2,1-3H3/p+1/t19-/m0/s1. The lowest BCUT2D eigenvalue weighted by atomic mass is 9.95. The number of rotatable bonds is 7. The van der Waals surface area contributed by atoms with Gasteiger partial charge in [-0.05, 0) is 31.5 Å². The molecule has 0 spiro atoms. The molecule has 170 valence electrons. The first-order valence-corrected chi connectivity index (χ1v) is 11.5. The van der Waals surface area contributed by atoms with Gasteiger partial charge in [-0.2, -0.15) is 0 Å². The van der Waals surface area contributed by atoms with Gasteiger partial charge in [0.05, 0.1) is 60.6 Å². The van der Waals surface area contributed by atoms with Gasteiger partial charge in [0.25, 0.3) is 5.91 Å². The number of thiazole rings is 1. The molecule has 1 aromatic carbocycles. The molecule has 9 heteroatoms. The van der Waals surface area contributed by atoms with Gasteiger partial charge in [-0.15, -0.1) is 11.3 Å². The van der Waals surface area contributed by atoms with Crippen molar-refractivity contribution in [2.24, 2.45) is 0 Å². The number of hydrogen-bond donors (Lipinski definition) is 2. The van der Waals surface area contributed by atoms with Gasteiger partial charge < -0.3 is 24.4 Å². The van der Waals surface area contributed by atoms with Gasteiger partial charge in [0, 0.05) is 0 Å². The minimum atomic E-state index is -0.688. The monoisotopic (exact) mass is 458 g/mol. The average molecular weight is 459 g/mol. The van der Waals surface area contributed by atoms with Crippen LogP contribution in [-0.2, 0) is 9.53 Å². The van der Waals surface area contributed by atoms with Crippen molar-refractivity contribution in [1.29, 1.82) is 0 Å². The predicted octanol–water partition coefficient (Wildman–Crippen LogP) is 1.26. The van der Waals surface area contributed by atoms with Crippen LogP contribution in [0.25, 0.3) is 0 Å². The Balaban J connectivity index is 1.71. The zero-order chi connectivity index (χ0) is 22.8. The highest BCUT2D eigenvalue weighted by Gasteiger charge is 2.44. The second-order valence-electron chi connectivity index (χ2n) is 8.03. The first-order chi connectivity index (χ1) is 15.4. The third-order valence-electron chi connectivity index (χ3n) is 5.97. The summed E-state index contributed by atoms with van der Waals surface area (Å²) in [4.78, 5) is 34.4. The summed E-state index contributed by atoms with van der Waals surface area (Å²) in [6, 6.07) is 6.61. The first-order valence-electron chi connectivity index (χ1n) is 10.7. The number of ether oxygens (including phenoxy) is 2. The van der Waals surface area contributed by atoms with Gasteiger partial charge in [-0.25, -0.2) is 4.98 Å². The molecular formula is C23H28N3O5S+.